The van der Waals surface area contributed by atoms with Gasteiger partial charge in [-0.2, -0.15) is 0 Å². The molecule has 0 amide bonds. The molecule has 0 atom stereocenters. The molecule has 0 unspecified atom stereocenters. The zero-order valence-corrected chi connectivity index (χ0v) is 38.7. The highest BCUT2D eigenvalue weighted by atomic mass is 16.5. The van der Waals surface area contributed by atoms with E-state index in [1.54, 1.807) is 38.5 Å². The third-order valence-corrected chi connectivity index (χ3v) is 12.2. The third kappa shape index (κ3) is 9.30. The van der Waals surface area contributed by atoms with Crippen LogP contribution in [0.25, 0.3) is 11.1 Å². The Morgan fingerprint density at radius 2 is 0.443 bits per heavy atom. The maximum absolute atomic E-state index is 11.0. The van der Waals surface area contributed by atoms with E-state index in [1.165, 1.54) is 0 Å². The molecule has 70 heavy (non-hydrogen) atoms. The number of rotatable bonds is 15. The predicted molar refractivity (Wildman–Crippen MR) is 287 cm³/mol. The van der Waals surface area contributed by atoms with Crippen LogP contribution in [0.3, 0.4) is 0 Å². The van der Waals surface area contributed by atoms with Crippen molar-refractivity contribution in [3.05, 3.63) is 255 Å². The Morgan fingerprint density at radius 3 is 0.671 bits per heavy atom. The van der Waals surface area contributed by atoms with E-state index in [4.69, 9.17) is 9.47 Å². The number of para-hydroxylation sites is 4. The summed E-state index contributed by atoms with van der Waals surface area (Å²) in [7, 11) is 3.10. The molecule has 342 valence electrons. The van der Waals surface area contributed by atoms with Gasteiger partial charge in [-0.25, -0.2) is 0 Å². The van der Waals surface area contributed by atoms with Crippen LogP contribution in [0.2, 0.25) is 0 Å². The van der Waals surface area contributed by atoms with Gasteiger partial charge in [-0.05, 0) is 157 Å². The Bertz CT molecular complexity index is 2980. The van der Waals surface area contributed by atoms with Crippen LogP contribution in [0.15, 0.2) is 255 Å². The standard InChI is InChI=1S/C62H50N4O4/c1-69-61-41-39-57(43-59(61)67)65(55-35-31-53(32-36-55)63(47-15-7-3-8-16-47)48-17-9-4-10-18-48)51-27-23-45(24-28-51)46-25-29-52(30-26-46)66(58-40-42-62(70-2)60(68)44-58)56-37-33-54(34-38-56)64(49-19-11-5-12-20-49)50-21-13-6-14-22-50/h3-44,67-68H,1-2H3. The van der Waals surface area contributed by atoms with Crippen LogP contribution in [0.1, 0.15) is 0 Å². The zero-order valence-electron chi connectivity index (χ0n) is 38.7. The van der Waals surface area contributed by atoms with Crippen LogP contribution in [0.4, 0.5) is 68.2 Å². The van der Waals surface area contributed by atoms with E-state index in [-0.39, 0.29) is 11.5 Å². The number of hydrogen-bond donors (Lipinski definition) is 2. The maximum Gasteiger partial charge on any atom is 0.160 e. The summed E-state index contributed by atoms with van der Waals surface area (Å²) in [5, 5.41) is 22.0. The first-order chi connectivity index (χ1) is 34.4. The largest absolute Gasteiger partial charge is 0.504 e. The highest BCUT2D eigenvalue weighted by Crippen LogP contribution is 2.44. The Balaban J connectivity index is 0.970. The van der Waals surface area contributed by atoms with E-state index in [9.17, 15) is 10.2 Å². The topological polar surface area (TPSA) is 71.9 Å². The monoisotopic (exact) mass is 914 g/mol. The molecule has 8 heteroatoms. The second kappa shape index (κ2) is 20.2. The fourth-order valence-electron chi connectivity index (χ4n) is 8.84. The van der Waals surface area contributed by atoms with Gasteiger partial charge in [0, 0.05) is 69.0 Å². The lowest BCUT2D eigenvalue weighted by molar-refractivity contribution is 0.373. The Kier molecular flexibility index (Phi) is 12.8. The fraction of sp³-hybridized carbons (Fsp3) is 0.0323. The molecule has 0 saturated heterocycles. The van der Waals surface area contributed by atoms with Gasteiger partial charge in [-0.3, -0.25) is 0 Å². The van der Waals surface area contributed by atoms with Crippen molar-refractivity contribution < 1.29 is 19.7 Å². The highest BCUT2D eigenvalue weighted by Gasteiger charge is 2.20. The highest BCUT2D eigenvalue weighted by molar-refractivity contribution is 5.85. The summed E-state index contributed by atoms with van der Waals surface area (Å²) in [6, 6.07) is 86.0. The second-order valence-electron chi connectivity index (χ2n) is 16.5. The van der Waals surface area contributed by atoms with Gasteiger partial charge in [0.1, 0.15) is 0 Å². The van der Waals surface area contributed by atoms with Crippen molar-refractivity contribution in [1.82, 2.24) is 0 Å². The minimum atomic E-state index is 0.0499. The molecule has 0 aromatic heterocycles. The number of benzene rings is 10. The van der Waals surface area contributed by atoms with Crippen molar-refractivity contribution in [1.29, 1.82) is 0 Å². The lowest BCUT2D eigenvalue weighted by Crippen LogP contribution is -2.12. The molecular formula is C62H50N4O4. The third-order valence-electron chi connectivity index (χ3n) is 12.2. The predicted octanol–water partition coefficient (Wildman–Crippen LogP) is 16.7. The maximum atomic E-state index is 11.0. The molecule has 0 bridgehead atoms. The summed E-state index contributed by atoms with van der Waals surface area (Å²) in [4.78, 5) is 8.71. The summed E-state index contributed by atoms with van der Waals surface area (Å²) in [5.74, 6) is 0.898. The summed E-state index contributed by atoms with van der Waals surface area (Å²) in [5.41, 5.74) is 13.5. The quantitative estimate of drug-likeness (QED) is 0.105. The minimum absolute atomic E-state index is 0.0499. The lowest BCUT2D eigenvalue weighted by atomic mass is 10.0. The van der Waals surface area contributed by atoms with E-state index in [2.05, 4.69) is 165 Å². The Morgan fingerprint density at radius 1 is 0.243 bits per heavy atom. The molecule has 10 aromatic rings. The zero-order chi connectivity index (χ0) is 47.8. The van der Waals surface area contributed by atoms with Gasteiger partial charge in [-0.1, -0.05) is 97.1 Å². The van der Waals surface area contributed by atoms with E-state index in [0.717, 1.165) is 79.4 Å². The van der Waals surface area contributed by atoms with Gasteiger partial charge in [0.2, 0.25) is 0 Å². The molecule has 10 rings (SSSR count). The van der Waals surface area contributed by atoms with Crippen LogP contribution < -0.4 is 29.1 Å². The van der Waals surface area contributed by atoms with E-state index < -0.39 is 0 Å². The van der Waals surface area contributed by atoms with Gasteiger partial charge in [-0.15, -0.1) is 0 Å². The lowest BCUT2D eigenvalue weighted by Gasteiger charge is -2.29. The number of methoxy groups -OCH3 is 2. The van der Waals surface area contributed by atoms with Gasteiger partial charge in [0.25, 0.3) is 0 Å². The first kappa shape index (κ1) is 44.4. The summed E-state index contributed by atoms with van der Waals surface area (Å²) >= 11 is 0. The van der Waals surface area contributed by atoms with Crippen molar-refractivity contribution in [2.75, 3.05) is 33.8 Å². The molecule has 8 nitrogen and oxygen atoms in total. The van der Waals surface area contributed by atoms with Crippen molar-refractivity contribution in [3.8, 4) is 34.1 Å². The normalized spacial score (nSPS) is 10.8. The molecule has 10 aromatic carbocycles. The molecular weight excluding hydrogens is 865 g/mol. The number of nitrogens with zero attached hydrogens (tertiary/aromatic N) is 4. The first-order valence-electron chi connectivity index (χ1n) is 23.0. The summed E-state index contributed by atoms with van der Waals surface area (Å²) < 4.78 is 10.8. The summed E-state index contributed by atoms with van der Waals surface area (Å²) in [6.07, 6.45) is 0. The number of phenols is 2. The number of aromatic hydroxyl groups is 2. The van der Waals surface area contributed by atoms with E-state index in [0.29, 0.717) is 11.5 Å². The van der Waals surface area contributed by atoms with Crippen LogP contribution in [0.5, 0.6) is 23.0 Å². The minimum Gasteiger partial charge on any atom is -0.504 e. The van der Waals surface area contributed by atoms with Gasteiger partial charge < -0.3 is 39.3 Å². The van der Waals surface area contributed by atoms with E-state index >= 15 is 0 Å². The van der Waals surface area contributed by atoms with Crippen molar-refractivity contribution >= 4 is 68.2 Å². The molecule has 0 aliphatic heterocycles. The molecule has 0 fully saturated rings. The van der Waals surface area contributed by atoms with E-state index in [1.807, 2.05) is 84.9 Å². The Hall–Kier alpha value is -9.40. The average Bonchev–Trinajstić information content (AvgIpc) is 3.42. The van der Waals surface area contributed by atoms with Crippen molar-refractivity contribution in [3.63, 3.8) is 0 Å². The molecule has 0 aliphatic rings. The number of ether oxygens (including phenoxy) is 2. The molecule has 0 spiro atoms. The van der Waals surface area contributed by atoms with Gasteiger partial charge >= 0.3 is 0 Å². The van der Waals surface area contributed by atoms with Crippen molar-refractivity contribution in [2.45, 2.75) is 0 Å². The van der Waals surface area contributed by atoms with Gasteiger partial charge in [0.05, 0.1) is 25.6 Å². The average molecular weight is 915 g/mol. The summed E-state index contributed by atoms with van der Waals surface area (Å²) in [6.45, 7) is 0. The molecule has 0 radical (unpaired) electrons. The number of hydrogen-bond acceptors (Lipinski definition) is 8. The fourth-order valence-corrected chi connectivity index (χ4v) is 8.84. The van der Waals surface area contributed by atoms with Crippen molar-refractivity contribution in [2.24, 2.45) is 0 Å². The molecule has 0 aliphatic carbocycles. The van der Waals surface area contributed by atoms with Crippen LogP contribution in [-0.4, -0.2) is 24.4 Å². The molecule has 2 N–H and O–H groups in total. The number of anilines is 12. The van der Waals surface area contributed by atoms with Gasteiger partial charge in [0.15, 0.2) is 23.0 Å². The Labute approximate surface area is 409 Å². The second-order valence-corrected chi connectivity index (χ2v) is 16.5. The van der Waals surface area contributed by atoms with Crippen LogP contribution in [-0.2, 0) is 0 Å². The SMILES string of the molecule is COc1ccc(N(c2ccc(-c3ccc(N(c4ccc(N(c5ccccc5)c5ccccc5)cc4)c4ccc(OC)c(O)c4)cc3)cc2)c2ccc(N(c3ccccc3)c3ccccc3)cc2)cc1O. The van der Waals surface area contributed by atoms with Crippen LogP contribution >= 0.6 is 0 Å². The number of phenolic OH excluding ortho intramolecular Hbond substituents is 2. The smallest absolute Gasteiger partial charge is 0.160 e. The first-order valence-corrected chi connectivity index (χ1v) is 23.0. The van der Waals surface area contributed by atoms with Crippen LogP contribution in [0, 0.1) is 0 Å². The molecule has 0 saturated carbocycles. The molecule has 0 heterocycles.